The fourth-order valence-electron chi connectivity index (χ4n) is 3.23. The van der Waals surface area contributed by atoms with Crippen LogP contribution in [-0.2, 0) is 4.79 Å². The Hall–Kier alpha value is -2.50. The molecule has 24 heavy (non-hydrogen) atoms. The van der Waals surface area contributed by atoms with Gasteiger partial charge >= 0.3 is 0 Å². The van der Waals surface area contributed by atoms with Crippen molar-refractivity contribution in [2.75, 3.05) is 35.3 Å². The zero-order valence-electron chi connectivity index (χ0n) is 14.8. The van der Waals surface area contributed by atoms with Crippen LogP contribution in [0.25, 0.3) is 0 Å². The van der Waals surface area contributed by atoms with Crippen LogP contribution in [0.1, 0.15) is 24.7 Å². The Bertz CT molecular complexity index is 719. The fraction of sp³-hybridized carbons (Fsp3) is 0.444. The fourth-order valence-corrected chi connectivity index (χ4v) is 3.23. The molecule has 1 unspecified atom stereocenters. The molecule has 2 aromatic rings. The number of aromatic nitrogens is 2. The molecule has 1 aliphatic rings. The van der Waals surface area contributed by atoms with E-state index in [0.29, 0.717) is 12.6 Å². The lowest BCUT2D eigenvalue weighted by Crippen LogP contribution is -2.39. The molecule has 6 heteroatoms. The summed E-state index contributed by atoms with van der Waals surface area (Å²) in [4.78, 5) is 17.1. The zero-order valence-corrected chi connectivity index (χ0v) is 14.8. The molecule has 0 aliphatic carbocycles. The van der Waals surface area contributed by atoms with Crippen LogP contribution in [-0.4, -0.2) is 42.3 Å². The lowest BCUT2D eigenvalue weighted by molar-refractivity contribution is -0.115. The molecule has 128 valence electrons. The molecule has 0 spiro atoms. The third kappa shape index (κ3) is 3.09. The molecule has 0 bridgehead atoms. The van der Waals surface area contributed by atoms with Crippen molar-refractivity contribution in [3.8, 4) is 0 Å². The molecule has 0 saturated heterocycles. The maximum atomic E-state index is 12.6. The summed E-state index contributed by atoms with van der Waals surface area (Å²) in [7, 11) is 2.10. The van der Waals surface area contributed by atoms with Crippen molar-refractivity contribution in [2.45, 2.75) is 33.2 Å². The van der Waals surface area contributed by atoms with E-state index < -0.39 is 0 Å². The molecule has 0 saturated carbocycles. The minimum Gasteiger partial charge on any atom is -0.373 e. The molecular weight excluding hydrogens is 302 g/mol. The highest BCUT2D eigenvalue weighted by Gasteiger charge is 2.25. The number of hydrogen-bond donors (Lipinski definition) is 2. The Balaban J connectivity index is 1.82. The number of benzene rings is 1. The molecule has 6 nitrogen and oxygen atoms in total. The monoisotopic (exact) mass is 327 g/mol. The number of hydrogen-bond acceptors (Lipinski definition) is 4. The summed E-state index contributed by atoms with van der Waals surface area (Å²) < 4.78 is 0. The summed E-state index contributed by atoms with van der Waals surface area (Å²) >= 11 is 0. The van der Waals surface area contributed by atoms with Crippen LogP contribution in [0.3, 0.4) is 0 Å². The van der Waals surface area contributed by atoms with Crippen molar-refractivity contribution >= 4 is 23.0 Å². The number of rotatable bonds is 3. The van der Waals surface area contributed by atoms with E-state index >= 15 is 0 Å². The molecule has 1 amide bonds. The molecule has 2 N–H and O–H groups in total. The van der Waals surface area contributed by atoms with Gasteiger partial charge in [-0.15, -0.1) is 0 Å². The predicted octanol–water partition coefficient (Wildman–Crippen LogP) is 2.70. The van der Waals surface area contributed by atoms with Crippen LogP contribution in [0.15, 0.2) is 24.3 Å². The number of amides is 1. The second kappa shape index (κ2) is 6.55. The van der Waals surface area contributed by atoms with Gasteiger partial charge in [0, 0.05) is 19.6 Å². The Kier molecular flexibility index (Phi) is 4.46. The van der Waals surface area contributed by atoms with Gasteiger partial charge in [-0.3, -0.25) is 9.89 Å². The number of para-hydroxylation sites is 2. The van der Waals surface area contributed by atoms with E-state index in [1.54, 1.807) is 0 Å². The zero-order chi connectivity index (χ0) is 17.3. The standard InChI is InChI=1S/C18H25N5O/c1-12-9-10-22(4)15-7-5-6-8-16(15)23(12)11-17(24)19-18-13(2)20-21-14(18)3/h5-8,12H,9-11H2,1-4H3,(H,19,24)(H,20,21). The van der Waals surface area contributed by atoms with Gasteiger partial charge in [0.2, 0.25) is 5.91 Å². The van der Waals surface area contributed by atoms with Gasteiger partial charge in [-0.25, -0.2) is 0 Å². The van der Waals surface area contributed by atoms with Crippen molar-refractivity contribution in [2.24, 2.45) is 0 Å². The molecule has 0 fully saturated rings. The topological polar surface area (TPSA) is 64.3 Å². The molecule has 1 aromatic carbocycles. The summed E-state index contributed by atoms with van der Waals surface area (Å²) in [5.41, 5.74) is 4.76. The van der Waals surface area contributed by atoms with E-state index in [4.69, 9.17) is 0 Å². The summed E-state index contributed by atoms with van der Waals surface area (Å²) in [6.07, 6.45) is 1.02. The van der Waals surface area contributed by atoms with Gasteiger partial charge in [-0.05, 0) is 39.3 Å². The molecule has 3 rings (SSSR count). The van der Waals surface area contributed by atoms with Crippen LogP contribution in [0.4, 0.5) is 17.1 Å². The maximum absolute atomic E-state index is 12.6. The highest BCUT2D eigenvalue weighted by Crippen LogP contribution is 2.33. The minimum absolute atomic E-state index is 0.0196. The Morgan fingerprint density at radius 2 is 2.04 bits per heavy atom. The number of aryl methyl sites for hydroxylation is 2. The van der Waals surface area contributed by atoms with E-state index in [0.717, 1.165) is 35.7 Å². The maximum Gasteiger partial charge on any atom is 0.244 e. The van der Waals surface area contributed by atoms with Crippen molar-refractivity contribution in [3.05, 3.63) is 35.7 Å². The lowest BCUT2D eigenvalue weighted by atomic mass is 10.2. The van der Waals surface area contributed by atoms with E-state index in [1.807, 2.05) is 26.0 Å². The predicted molar refractivity (Wildman–Crippen MR) is 97.8 cm³/mol. The molecule has 1 aromatic heterocycles. The second-order valence-electron chi connectivity index (χ2n) is 6.53. The number of nitrogens with one attached hydrogen (secondary N) is 2. The van der Waals surface area contributed by atoms with Crippen LogP contribution in [0.2, 0.25) is 0 Å². The van der Waals surface area contributed by atoms with E-state index in [1.165, 1.54) is 5.69 Å². The minimum atomic E-state index is -0.0196. The summed E-state index contributed by atoms with van der Waals surface area (Å²) in [5, 5.41) is 10.0. The molecule has 2 heterocycles. The van der Waals surface area contributed by atoms with Crippen molar-refractivity contribution in [1.82, 2.24) is 10.2 Å². The normalized spacial score (nSPS) is 17.4. The first-order valence-electron chi connectivity index (χ1n) is 8.35. The quantitative estimate of drug-likeness (QED) is 0.910. The van der Waals surface area contributed by atoms with Gasteiger partial charge in [-0.2, -0.15) is 5.10 Å². The molecule has 0 radical (unpaired) electrons. The van der Waals surface area contributed by atoms with Crippen molar-refractivity contribution in [3.63, 3.8) is 0 Å². The number of carbonyl (C=O) groups excluding carboxylic acids is 1. The van der Waals surface area contributed by atoms with E-state index in [9.17, 15) is 4.79 Å². The average Bonchev–Trinajstić information content (AvgIpc) is 2.83. The number of aromatic amines is 1. The first-order valence-corrected chi connectivity index (χ1v) is 8.35. The van der Waals surface area contributed by atoms with Crippen LogP contribution in [0.5, 0.6) is 0 Å². The van der Waals surface area contributed by atoms with E-state index in [-0.39, 0.29) is 5.91 Å². The summed E-state index contributed by atoms with van der Waals surface area (Å²) in [6.45, 7) is 7.29. The number of fused-ring (bicyclic) bond motifs is 1. The highest BCUT2D eigenvalue weighted by molar-refractivity contribution is 5.95. The molecule has 1 aliphatic heterocycles. The van der Waals surface area contributed by atoms with Gasteiger partial charge in [0.1, 0.15) is 0 Å². The van der Waals surface area contributed by atoms with Crippen molar-refractivity contribution in [1.29, 1.82) is 0 Å². The van der Waals surface area contributed by atoms with Gasteiger partial charge in [0.25, 0.3) is 0 Å². The van der Waals surface area contributed by atoms with E-state index in [2.05, 4.69) is 51.4 Å². The largest absolute Gasteiger partial charge is 0.373 e. The summed E-state index contributed by atoms with van der Waals surface area (Å²) in [6, 6.07) is 8.58. The van der Waals surface area contributed by atoms with Crippen LogP contribution < -0.4 is 15.1 Å². The first-order chi connectivity index (χ1) is 11.5. The average molecular weight is 327 g/mol. The Morgan fingerprint density at radius 1 is 1.33 bits per heavy atom. The van der Waals surface area contributed by atoms with Gasteiger partial charge in [0.15, 0.2) is 0 Å². The third-order valence-corrected chi connectivity index (χ3v) is 4.72. The number of nitrogens with zero attached hydrogens (tertiary/aromatic N) is 3. The van der Waals surface area contributed by atoms with Gasteiger partial charge in [0.05, 0.1) is 35.0 Å². The third-order valence-electron chi connectivity index (χ3n) is 4.72. The highest BCUT2D eigenvalue weighted by atomic mass is 16.2. The molecule has 1 atom stereocenters. The Morgan fingerprint density at radius 3 is 2.71 bits per heavy atom. The van der Waals surface area contributed by atoms with Gasteiger partial charge < -0.3 is 15.1 Å². The number of carbonyl (C=O) groups is 1. The number of H-pyrrole nitrogens is 1. The second-order valence-corrected chi connectivity index (χ2v) is 6.53. The lowest BCUT2D eigenvalue weighted by Gasteiger charge is -2.30. The van der Waals surface area contributed by atoms with Crippen LogP contribution in [0, 0.1) is 13.8 Å². The first kappa shape index (κ1) is 16.4. The smallest absolute Gasteiger partial charge is 0.244 e. The van der Waals surface area contributed by atoms with Gasteiger partial charge in [-0.1, -0.05) is 12.1 Å². The van der Waals surface area contributed by atoms with Crippen LogP contribution >= 0.6 is 0 Å². The SMILES string of the molecule is Cc1n[nH]c(C)c1NC(=O)CN1c2ccccc2N(C)CCC1C. The van der Waals surface area contributed by atoms with Crippen molar-refractivity contribution < 1.29 is 4.79 Å². The Labute approximate surface area is 142 Å². The number of anilines is 3. The summed E-state index contributed by atoms with van der Waals surface area (Å²) in [5.74, 6) is -0.0196. The molecular formula is C18H25N5O.